The highest BCUT2D eigenvalue weighted by Gasteiger charge is 2.29. The van der Waals surface area contributed by atoms with Crippen LogP contribution in [0.5, 0.6) is 0 Å². The Morgan fingerprint density at radius 3 is 2.71 bits per heavy atom. The van der Waals surface area contributed by atoms with Crippen molar-refractivity contribution in [3.8, 4) is 11.8 Å². The zero-order chi connectivity index (χ0) is 12.1. The fourth-order valence-electron chi connectivity index (χ4n) is 2.47. The summed E-state index contributed by atoms with van der Waals surface area (Å²) in [4.78, 5) is 0. The first kappa shape index (κ1) is 12.2. The molecule has 0 heterocycles. The molecule has 0 amide bonds. The zero-order valence-electron chi connectivity index (χ0n) is 10.8. The molecule has 1 aliphatic carbocycles. The molecule has 0 saturated heterocycles. The van der Waals surface area contributed by atoms with E-state index in [2.05, 4.69) is 31.0 Å². The Labute approximate surface area is 105 Å². The number of hydrogen-bond acceptors (Lipinski definition) is 1. The van der Waals surface area contributed by atoms with Gasteiger partial charge in [-0.3, -0.25) is 0 Å². The predicted molar refractivity (Wildman–Crippen MR) is 72.7 cm³/mol. The van der Waals surface area contributed by atoms with Crippen LogP contribution in [0.4, 0.5) is 0 Å². The highest BCUT2D eigenvalue weighted by Crippen LogP contribution is 2.36. The minimum Gasteiger partial charge on any atom is -0.303 e. The SMILES string of the molecule is CC1(C)CCC(NCC#Cc2ccccc2)C1. The average Bonchev–Trinajstić information content (AvgIpc) is 2.66. The molecule has 1 fully saturated rings. The van der Waals surface area contributed by atoms with E-state index in [0.29, 0.717) is 11.5 Å². The van der Waals surface area contributed by atoms with Gasteiger partial charge in [0.15, 0.2) is 0 Å². The van der Waals surface area contributed by atoms with Crippen molar-refractivity contribution in [3.05, 3.63) is 35.9 Å². The standard InChI is InChI=1S/C16H21N/c1-16(2)11-10-15(13-16)17-12-6-9-14-7-4-3-5-8-14/h3-5,7-8,15,17H,10-13H2,1-2H3. The van der Waals surface area contributed by atoms with Gasteiger partial charge in [0.05, 0.1) is 6.54 Å². The summed E-state index contributed by atoms with van der Waals surface area (Å²) in [5.74, 6) is 6.37. The summed E-state index contributed by atoms with van der Waals surface area (Å²) in [5.41, 5.74) is 1.62. The Kier molecular flexibility index (Phi) is 3.86. The van der Waals surface area contributed by atoms with Gasteiger partial charge in [-0.1, -0.05) is 43.9 Å². The van der Waals surface area contributed by atoms with Gasteiger partial charge in [0.1, 0.15) is 0 Å². The summed E-state index contributed by atoms with van der Waals surface area (Å²) in [5, 5.41) is 3.53. The van der Waals surface area contributed by atoms with Crippen molar-refractivity contribution in [3.63, 3.8) is 0 Å². The third kappa shape index (κ3) is 3.91. The lowest BCUT2D eigenvalue weighted by Crippen LogP contribution is -2.27. The molecule has 1 saturated carbocycles. The lowest BCUT2D eigenvalue weighted by molar-refractivity contribution is 0.367. The molecule has 1 atom stereocenters. The van der Waals surface area contributed by atoms with E-state index >= 15 is 0 Å². The highest BCUT2D eigenvalue weighted by atomic mass is 14.9. The van der Waals surface area contributed by atoms with Crippen LogP contribution >= 0.6 is 0 Å². The second-order valence-corrected chi connectivity index (χ2v) is 5.65. The predicted octanol–water partition coefficient (Wildman–Crippen LogP) is 3.21. The number of rotatable bonds is 2. The van der Waals surface area contributed by atoms with Crippen LogP contribution in [-0.2, 0) is 0 Å². The first-order valence-electron chi connectivity index (χ1n) is 6.43. The first-order chi connectivity index (χ1) is 8.16. The third-order valence-electron chi connectivity index (χ3n) is 3.45. The van der Waals surface area contributed by atoms with Crippen molar-refractivity contribution in [2.75, 3.05) is 6.54 Å². The highest BCUT2D eigenvalue weighted by molar-refractivity contribution is 5.33. The van der Waals surface area contributed by atoms with E-state index in [1.54, 1.807) is 0 Å². The lowest BCUT2D eigenvalue weighted by atomic mass is 9.92. The molecule has 1 unspecified atom stereocenters. The molecule has 17 heavy (non-hydrogen) atoms. The van der Waals surface area contributed by atoms with Crippen LogP contribution in [0, 0.1) is 17.3 Å². The van der Waals surface area contributed by atoms with Crippen molar-refractivity contribution < 1.29 is 0 Å². The molecule has 1 heteroatoms. The number of nitrogens with one attached hydrogen (secondary N) is 1. The van der Waals surface area contributed by atoms with E-state index in [-0.39, 0.29) is 0 Å². The molecule has 0 radical (unpaired) electrons. The van der Waals surface area contributed by atoms with Crippen molar-refractivity contribution in [1.29, 1.82) is 0 Å². The van der Waals surface area contributed by atoms with E-state index in [4.69, 9.17) is 0 Å². The van der Waals surface area contributed by atoms with E-state index in [1.807, 2.05) is 30.3 Å². The van der Waals surface area contributed by atoms with E-state index in [9.17, 15) is 0 Å². The maximum Gasteiger partial charge on any atom is 0.0582 e. The molecule has 1 aromatic carbocycles. The van der Waals surface area contributed by atoms with Crippen molar-refractivity contribution in [2.45, 2.75) is 39.2 Å². The number of benzene rings is 1. The van der Waals surface area contributed by atoms with Gasteiger partial charge in [-0.15, -0.1) is 0 Å². The Hall–Kier alpha value is -1.26. The van der Waals surface area contributed by atoms with Gasteiger partial charge in [0, 0.05) is 11.6 Å². The Balaban J connectivity index is 1.76. The maximum atomic E-state index is 3.53. The van der Waals surface area contributed by atoms with Gasteiger partial charge >= 0.3 is 0 Å². The van der Waals surface area contributed by atoms with Crippen LogP contribution < -0.4 is 5.32 Å². The molecule has 0 aromatic heterocycles. The second kappa shape index (κ2) is 5.38. The van der Waals surface area contributed by atoms with Gasteiger partial charge in [-0.2, -0.15) is 0 Å². The Bertz CT molecular complexity index is 408. The summed E-state index contributed by atoms with van der Waals surface area (Å²) < 4.78 is 0. The van der Waals surface area contributed by atoms with Gasteiger partial charge in [-0.05, 0) is 36.8 Å². The molecule has 2 rings (SSSR count). The van der Waals surface area contributed by atoms with Crippen LogP contribution in [0.3, 0.4) is 0 Å². The lowest BCUT2D eigenvalue weighted by Gasteiger charge is -2.16. The molecule has 0 aliphatic heterocycles. The van der Waals surface area contributed by atoms with Crippen LogP contribution in [0.1, 0.15) is 38.7 Å². The molecular weight excluding hydrogens is 206 g/mol. The molecule has 1 N–H and O–H groups in total. The van der Waals surface area contributed by atoms with Gasteiger partial charge in [0.25, 0.3) is 0 Å². The van der Waals surface area contributed by atoms with Crippen LogP contribution in [0.25, 0.3) is 0 Å². The largest absolute Gasteiger partial charge is 0.303 e. The summed E-state index contributed by atoms with van der Waals surface area (Å²) >= 11 is 0. The Morgan fingerprint density at radius 1 is 1.29 bits per heavy atom. The van der Waals surface area contributed by atoms with Gasteiger partial charge in [0.2, 0.25) is 0 Å². The molecule has 1 aliphatic rings. The fraction of sp³-hybridized carbons (Fsp3) is 0.500. The maximum absolute atomic E-state index is 3.53. The van der Waals surface area contributed by atoms with Crippen LogP contribution in [0.2, 0.25) is 0 Å². The minimum absolute atomic E-state index is 0.518. The minimum atomic E-state index is 0.518. The summed E-state index contributed by atoms with van der Waals surface area (Å²) in [7, 11) is 0. The van der Waals surface area contributed by atoms with Gasteiger partial charge < -0.3 is 5.32 Å². The quantitative estimate of drug-likeness (QED) is 0.765. The molecule has 0 bridgehead atoms. The zero-order valence-corrected chi connectivity index (χ0v) is 10.8. The van der Waals surface area contributed by atoms with Crippen LogP contribution in [-0.4, -0.2) is 12.6 Å². The second-order valence-electron chi connectivity index (χ2n) is 5.65. The van der Waals surface area contributed by atoms with Gasteiger partial charge in [-0.25, -0.2) is 0 Å². The van der Waals surface area contributed by atoms with Crippen molar-refractivity contribution >= 4 is 0 Å². The van der Waals surface area contributed by atoms with E-state index < -0.39 is 0 Å². The van der Waals surface area contributed by atoms with E-state index in [0.717, 1.165) is 12.1 Å². The summed E-state index contributed by atoms with van der Waals surface area (Å²) in [6, 6.07) is 10.8. The van der Waals surface area contributed by atoms with Crippen molar-refractivity contribution in [1.82, 2.24) is 5.32 Å². The average molecular weight is 227 g/mol. The monoisotopic (exact) mass is 227 g/mol. The molecular formula is C16H21N. The topological polar surface area (TPSA) is 12.0 Å². The van der Waals surface area contributed by atoms with Crippen LogP contribution in [0.15, 0.2) is 30.3 Å². The summed E-state index contributed by atoms with van der Waals surface area (Å²) in [6.07, 6.45) is 3.90. The third-order valence-corrected chi connectivity index (χ3v) is 3.45. The molecule has 90 valence electrons. The fourth-order valence-corrected chi connectivity index (χ4v) is 2.47. The van der Waals surface area contributed by atoms with E-state index in [1.165, 1.54) is 19.3 Å². The molecule has 1 nitrogen and oxygen atoms in total. The van der Waals surface area contributed by atoms with Crippen molar-refractivity contribution in [2.24, 2.45) is 5.41 Å². The smallest absolute Gasteiger partial charge is 0.0582 e. The Morgan fingerprint density at radius 2 is 2.06 bits per heavy atom. The molecule has 0 spiro atoms. The normalized spacial score (nSPS) is 21.9. The molecule has 1 aromatic rings. The summed E-state index contributed by atoms with van der Waals surface area (Å²) in [6.45, 7) is 5.50. The number of hydrogen-bond donors (Lipinski definition) is 1. The first-order valence-corrected chi connectivity index (χ1v) is 6.43.